The van der Waals surface area contributed by atoms with Crippen LogP contribution in [0, 0.1) is 0 Å². The second-order valence-electron chi connectivity index (χ2n) is 1.96. The van der Waals surface area contributed by atoms with Gasteiger partial charge in [-0.3, -0.25) is 0 Å². The van der Waals surface area contributed by atoms with Gasteiger partial charge >= 0.3 is 0 Å². The molecule has 0 aliphatic heterocycles. The van der Waals surface area contributed by atoms with Gasteiger partial charge in [0.05, 0.1) is 0 Å². The van der Waals surface area contributed by atoms with Crippen molar-refractivity contribution in [2.45, 2.75) is 0 Å². The lowest BCUT2D eigenvalue weighted by atomic mass is 10.5. The van der Waals surface area contributed by atoms with Gasteiger partial charge in [0.2, 0.25) is 0 Å². The third-order valence-electron chi connectivity index (χ3n) is 1.10. The highest BCUT2D eigenvalue weighted by molar-refractivity contribution is 5.86. The van der Waals surface area contributed by atoms with E-state index in [0.717, 1.165) is 26.2 Å². The summed E-state index contributed by atoms with van der Waals surface area (Å²) >= 11 is 0. The average molecular weight is 241 g/mol. The maximum absolute atomic E-state index is 3.26. The topological polar surface area (TPSA) is 36.1 Å². The van der Waals surface area contributed by atoms with Crippen molar-refractivity contribution in [2.75, 3.05) is 40.3 Å². The van der Waals surface area contributed by atoms with Crippen molar-refractivity contribution in [3.8, 4) is 0 Å². The first-order valence-corrected chi connectivity index (χ1v) is 3.41. The van der Waals surface area contributed by atoms with Crippen molar-refractivity contribution in [3.63, 3.8) is 0 Å². The molecule has 0 saturated carbocycles. The molecular weight excluding hydrogens is 220 g/mol. The van der Waals surface area contributed by atoms with Crippen LogP contribution in [0.15, 0.2) is 0 Å². The predicted molar refractivity (Wildman–Crippen MR) is 62.5 cm³/mol. The summed E-state index contributed by atoms with van der Waals surface area (Å²) in [6.07, 6.45) is 0. The predicted octanol–water partition coefficient (Wildman–Crippen LogP) is 0.280. The number of hydrogen-bond donors (Lipinski definition) is 3. The average Bonchev–Trinajstić information content (AvgIpc) is 1.89. The molecule has 0 aliphatic rings. The van der Waals surface area contributed by atoms with Gasteiger partial charge in [-0.25, -0.2) is 0 Å². The smallest absolute Gasteiger partial charge is 0.00771 e. The van der Waals surface area contributed by atoms with Crippen molar-refractivity contribution >= 4 is 37.2 Å². The first kappa shape index (κ1) is 23.0. The zero-order chi connectivity index (χ0) is 6.95. The van der Waals surface area contributed by atoms with Crippen LogP contribution < -0.4 is 16.0 Å². The Kier molecular flexibility index (Phi) is 43.3. The van der Waals surface area contributed by atoms with E-state index in [9.17, 15) is 0 Å². The van der Waals surface area contributed by atoms with Crippen LogP contribution in [0.3, 0.4) is 0 Å². The van der Waals surface area contributed by atoms with Gasteiger partial charge < -0.3 is 16.0 Å². The summed E-state index contributed by atoms with van der Waals surface area (Å²) in [6, 6.07) is 0. The van der Waals surface area contributed by atoms with E-state index in [4.69, 9.17) is 0 Å². The molecular formula is C6H20Cl3N3. The fourth-order valence-electron chi connectivity index (χ4n) is 0.552. The van der Waals surface area contributed by atoms with Crippen LogP contribution in [0.4, 0.5) is 0 Å². The standard InChI is InChI=1S/C6H17N3.3ClH/c1-7-3-5-9-6-4-8-2;;;/h7-9H,3-6H2,1-2H3;3*1H. The first-order chi connectivity index (χ1) is 4.41. The zero-order valence-electron chi connectivity index (χ0n) is 7.55. The molecule has 0 aromatic carbocycles. The lowest BCUT2D eigenvalue weighted by Crippen LogP contribution is -2.30. The summed E-state index contributed by atoms with van der Waals surface area (Å²) in [6.45, 7) is 4.20. The molecule has 3 N–H and O–H groups in total. The molecule has 0 aromatic heterocycles. The summed E-state index contributed by atoms with van der Waals surface area (Å²) < 4.78 is 0. The number of likely N-dealkylation sites (N-methyl/N-ethyl adjacent to an activating group) is 2. The summed E-state index contributed by atoms with van der Waals surface area (Å²) in [4.78, 5) is 0. The summed E-state index contributed by atoms with van der Waals surface area (Å²) in [5, 5.41) is 9.39. The Hall–Kier alpha value is 0.750. The molecule has 6 heteroatoms. The number of hydrogen-bond acceptors (Lipinski definition) is 3. The van der Waals surface area contributed by atoms with Crippen LogP contribution in [-0.4, -0.2) is 40.3 Å². The quantitative estimate of drug-likeness (QED) is 0.584. The van der Waals surface area contributed by atoms with Crippen molar-refractivity contribution < 1.29 is 0 Å². The minimum Gasteiger partial charge on any atom is -0.318 e. The molecule has 12 heavy (non-hydrogen) atoms. The van der Waals surface area contributed by atoms with E-state index in [0.29, 0.717) is 0 Å². The number of rotatable bonds is 6. The number of halogens is 3. The maximum Gasteiger partial charge on any atom is 0.00771 e. The molecule has 0 fully saturated rings. The van der Waals surface area contributed by atoms with Gasteiger partial charge in [-0.15, -0.1) is 37.2 Å². The third kappa shape index (κ3) is 22.4. The van der Waals surface area contributed by atoms with Crippen molar-refractivity contribution in [3.05, 3.63) is 0 Å². The lowest BCUT2D eigenvalue weighted by molar-refractivity contribution is 0.627. The van der Waals surface area contributed by atoms with Crippen LogP contribution in [-0.2, 0) is 0 Å². The van der Waals surface area contributed by atoms with Gasteiger partial charge in [0.15, 0.2) is 0 Å². The Balaban J connectivity index is -0.000000107. The molecule has 0 radical (unpaired) electrons. The van der Waals surface area contributed by atoms with Crippen molar-refractivity contribution in [1.82, 2.24) is 16.0 Å². The highest BCUT2D eigenvalue weighted by Crippen LogP contribution is 1.55. The molecule has 0 bridgehead atoms. The summed E-state index contributed by atoms with van der Waals surface area (Å²) in [5.74, 6) is 0. The van der Waals surface area contributed by atoms with Crippen LogP contribution in [0.1, 0.15) is 0 Å². The van der Waals surface area contributed by atoms with E-state index >= 15 is 0 Å². The minimum atomic E-state index is 0. The largest absolute Gasteiger partial charge is 0.318 e. The molecule has 0 aliphatic carbocycles. The van der Waals surface area contributed by atoms with Gasteiger partial charge in [-0.2, -0.15) is 0 Å². The highest BCUT2D eigenvalue weighted by Gasteiger charge is 1.81. The maximum atomic E-state index is 3.26. The monoisotopic (exact) mass is 239 g/mol. The summed E-state index contributed by atoms with van der Waals surface area (Å²) in [5.41, 5.74) is 0. The van der Waals surface area contributed by atoms with E-state index in [-0.39, 0.29) is 37.2 Å². The Morgan fingerprint density at radius 1 is 0.667 bits per heavy atom. The Labute approximate surface area is 93.7 Å². The summed E-state index contributed by atoms with van der Waals surface area (Å²) in [7, 11) is 3.92. The van der Waals surface area contributed by atoms with Crippen LogP contribution in [0.5, 0.6) is 0 Å². The Morgan fingerprint density at radius 2 is 1.00 bits per heavy atom. The molecule has 0 rings (SSSR count). The van der Waals surface area contributed by atoms with E-state index in [1.807, 2.05) is 14.1 Å². The van der Waals surface area contributed by atoms with Crippen LogP contribution in [0.25, 0.3) is 0 Å². The molecule has 0 unspecified atom stereocenters. The van der Waals surface area contributed by atoms with Crippen LogP contribution >= 0.6 is 37.2 Å². The van der Waals surface area contributed by atoms with E-state index in [1.54, 1.807) is 0 Å². The number of nitrogens with one attached hydrogen (secondary N) is 3. The highest BCUT2D eigenvalue weighted by atomic mass is 35.5. The second-order valence-corrected chi connectivity index (χ2v) is 1.96. The molecule has 0 atom stereocenters. The lowest BCUT2D eigenvalue weighted by Gasteiger charge is -2.01. The molecule has 3 nitrogen and oxygen atoms in total. The normalized spacial score (nSPS) is 7.50. The third-order valence-corrected chi connectivity index (χ3v) is 1.10. The second kappa shape index (κ2) is 22.6. The zero-order valence-corrected chi connectivity index (χ0v) is 10.0. The Morgan fingerprint density at radius 3 is 1.25 bits per heavy atom. The van der Waals surface area contributed by atoms with E-state index in [2.05, 4.69) is 16.0 Å². The SMILES string of the molecule is CNCCNCCNC.Cl.Cl.Cl. The fourth-order valence-corrected chi connectivity index (χ4v) is 0.552. The molecule has 0 heterocycles. The van der Waals surface area contributed by atoms with Gasteiger partial charge in [0, 0.05) is 26.2 Å². The van der Waals surface area contributed by atoms with E-state index < -0.39 is 0 Å². The van der Waals surface area contributed by atoms with Crippen molar-refractivity contribution in [1.29, 1.82) is 0 Å². The van der Waals surface area contributed by atoms with Crippen LogP contribution in [0.2, 0.25) is 0 Å². The minimum absolute atomic E-state index is 0. The molecule has 80 valence electrons. The fraction of sp³-hybridized carbons (Fsp3) is 1.00. The molecule has 0 saturated heterocycles. The van der Waals surface area contributed by atoms with Gasteiger partial charge in [0.1, 0.15) is 0 Å². The van der Waals surface area contributed by atoms with Crippen molar-refractivity contribution in [2.24, 2.45) is 0 Å². The molecule has 0 amide bonds. The van der Waals surface area contributed by atoms with Gasteiger partial charge in [-0.05, 0) is 14.1 Å². The van der Waals surface area contributed by atoms with E-state index in [1.165, 1.54) is 0 Å². The Bertz CT molecular complexity index is 51.3. The van der Waals surface area contributed by atoms with Gasteiger partial charge in [-0.1, -0.05) is 0 Å². The first-order valence-electron chi connectivity index (χ1n) is 3.41. The van der Waals surface area contributed by atoms with Gasteiger partial charge in [0.25, 0.3) is 0 Å². The molecule has 0 spiro atoms. The molecule has 0 aromatic rings.